The summed E-state index contributed by atoms with van der Waals surface area (Å²) in [5.74, 6) is 0. The van der Waals surface area contributed by atoms with Gasteiger partial charge in [-0.2, -0.15) is 0 Å². The van der Waals surface area contributed by atoms with Gasteiger partial charge in [-0.1, -0.05) is 218 Å². The predicted octanol–water partition coefficient (Wildman–Crippen LogP) is 20.7. The van der Waals surface area contributed by atoms with Crippen LogP contribution in [-0.4, -0.2) is 0 Å². The van der Waals surface area contributed by atoms with E-state index in [1.54, 1.807) is 0 Å². The number of para-hydroxylation sites is 2. The molecule has 0 saturated heterocycles. The largest absolute Gasteiger partial charge is 0.455 e. The third kappa shape index (κ3) is 5.94. The van der Waals surface area contributed by atoms with Gasteiger partial charge in [0, 0.05) is 32.7 Å². The van der Waals surface area contributed by atoms with Crippen LogP contribution in [0, 0.1) is 0 Å². The van der Waals surface area contributed by atoms with Crippen LogP contribution in [0.2, 0.25) is 0 Å². The quantitative estimate of drug-likeness (QED) is 0.161. The second kappa shape index (κ2) is 15.9. The SMILES string of the molecule is c1ccc(-c2cccc3c(-c4c5cccc(-c6cc7ccccc7c7c6oc6ccccc67)c5cc5c(-c6cc7ccccc7c7c6oc6ccccc67)cccc45)c4cccc(-c5ccccc5)c4cc23)cc1. The van der Waals surface area contributed by atoms with E-state index in [0.29, 0.717) is 0 Å². The van der Waals surface area contributed by atoms with Crippen LogP contribution in [-0.2, 0) is 0 Å². The molecule has 0 fully saturated rings. The first-order chi connectivity index (χ1) is 36.7. The van der Waals surface area contributed by atoms with Crippen molar-refractivity contribution in [3.05, 3.63) is 255 Å². The Bertz CT molecular complexity index is 4690. The molecule has 0 aliphatic rings. The molecule has 0 amide bonds. The first-order valence-corrected chi connectivity index (χ1v) is 25.5. The molecule has 14 aromatic carbocycles. The fraction of sp³-hybridized carbons (Fsp3) is 0. The zero-order chi connectivity index (χ0) is 48.4. The third-order valence-corrected chi connectivity index (χ3v) is 15.8. The van der Waals surface area contributed by atoms with Gasteiger partial charge in [-0.05, 0) is 146 Å². The van der Waals surface area contributed by atoms with Gasteiger partial charge in [0.2, 0.25) is 0 Å². The van der Waals surface area contributed by atoms with Gasteiger partial charge in [0.05, 0.1) is 0 Å². The van der Waals surface area contributed by atoms with E-state index in [0.717, 1.165) is 76.9 Å². The number of benzene rings is 14. The van der Waals surface area contributed by atoms with Crippen LogP contribution in [0.15, 0.2) is 264 Å². The molecule has 0 unspecified atom stereocenters. The standard InChI is InChI=1S/C72H42O2/c1-3-19-43(20-4-1)47-29-15-33-53-59(47)41-60-48(44-21-5-2-6-22-44)30-16-34-54(60)67(53)68-55-35-17-31-51(63-39-45-23-7-9-25-49(45)69-57-27-11-13-37-65(57)73-71(63)69)61(55)42-62-52(32-18-36-56(62)68)64-40-46-24-8-10-26-50(46)70-58-28-12-14-38-66(58)74-72(64)70/h1-42H. The van der Waals surface area contributed by atoms with Gasteiger partial charge in [-0.3, -0.25) is 0 Å². The van der Waals surface area contributed by atoms with Gasteiger partial charge in [-0.25, -0.2) is 0 Å². The highest BCUT2D eigenvalue weighted by Crippen LogP contribution is 2.52. The molecule has 2 nitrogen and oxygen atoms in total. The second-order valence-electron chi connectivity index (χ2n) is 19.7. The molecular weight excluding hydrogens is 897 g/mol. The monoisotopic (exact) mass is 938 g/mol. The Kier molecular flexibility index (Phi) is 8.78. The highest BCUT2D eigenvalue weighted by Gasteiger charge is 2.25. The summed E-state index contributed by atoms with van der Waals surface area (Å²) in [6.07, 6.45) is 0. The van der Waals surface area contributed by atoms with E-state index in [1.807, 2.05) is 0 Å². The Morgan fingerprint density at radius 3 is 0.946 bits per heavy atom. The molecule has 2 heteroatoms. The number of furan rings is 2. The number of hydrogen-bond acceptors (Lipinski definition) is 2. The Morgan fingerprint density at radius 2 is 0.527 bits per heavy atom. The Labute approximate surface area is 425 Å². The van der Waals surface area contributed by atoms with Gasteiger partial charge in [0.25, 0.3) is 0 Å². The van der Waals surface area contributed by atoms with Crippen molar-refractivity contribution in [2.24, 2.45) is 0 Å². The lowest BCUT2D eigenvalue weighted by atomic mass is 9.81. The molecule has 342 valence electrons. The normalized spacial score (nSPS) is 12.1. The molecule has 2 aromatic heterocycles. The molecule has 0 N–H and O–H groups in total. The lowest BCUT2D eigenvalue weighted by Crippen LogP contribution is -1.95. The molecule has 16 aromatic rings. The minimum atomic E-state index is 0.880. The number of hydrogen-bond donors (Lipinski definition) is 0. The summed E-state index contributed by atoms with van der Waals surface area (Å²) >= 11 is 0. The summed E-state index contributed by atoms with van der Waals surface area (Å²) in [5, 5.41) is 18.6. The van der Waals surface area contributed by atoms with Gasteiger partial charge in [-0.15, -0.1) is 0 Å². The van der Waals surface area contributed by atoms with E-state index in [4.69, 9.17) is 8.83 Å². The van der Waals surface area contributed by atoms with Crippen LogP contribution in [0.1, 0.15) is 0 Å². The lowest BCUT2D eigenvalue weighted by molar-refractivity contribution is 0.670. The van der Waals surface area contributed by atoms with Crippen LogP contribution in [0.4, 0.5) is 0 Å². The van der Waals surface area contributed by atoms with E-state index < -0.39 is 0 Å². The van der Waals surface area contributed by atoms with Crippen LogP contribution in [0.25, 0.3) is 164 Å². The minimum Gasteiger partial charge on any atom is -0.455 e. The summed E-state index contributed by atoms with van der Waals surface area (Å²) in [5.41, 5.74) is 15.1. The Morgan fingerprint density at radius 1 is 0.203 bits per heavy atom. The zero-order valence-electron chi connectivity index (χ0n) is 40.1. The molecule has 0 aliphatic heterocycles. The Balaban J connectivity index is 1.12. The van der Waals surface area contributed by atoms with Crippen molar-refractivity contribution in [1.29, 1.82) is 0 Å². The average Bonchev–Trinajstić information content (AvgIpc) is 4.06. The first kappa shape index (κ1) is 40.9. The van der Waals surface area contributed by atoms with Crippen LogP contribution < -0.4 is 0 Å². The fourth-order valence-electron chi connectivity index (χ4n) is 12.6. The average molecular weight is 939 g/mol. The minimum absolute atomic E-state index is 0.880. The molecule has 0 spiro atoms. The van der Waals surface area contributed by atoms with E-state index in [1.165, 1.54) is 87.2 Å². The van der Waals surface area contributed by atoms with E-state index in [2.05, 4.69) is 255 Å². The summed E-state index contributed by atoms with van der Waals surface area (Å²) in [4.78, 5) is 0. The van der Waals surface area contributed by atoms with E-state index in [9.17, 15) is 0 Å². The molecule has 2 heterocycles. The molecule has 0 aliphatic carbocycles. The highest BCUT2D eigenvalue weighted by molar-refractivity contribution is 6.31. The molecule has 0 saturated carbocycles. The van der Waals surface area contributed by atoms with Gasteiger partial charge in [0.15, 0.2) is 0 Å². The summed E-state index contributed by atoms with van der Waals surface area (Å²) < 4.78 is 14.0. The molecular formula is C72H42O2. The molecule has 0 atom stereocenters. The van der Waals surface area contributed by atoms with Gasteiger partial charge in [0.1, 0.15) is 22.3 Å². The van der Waals surface area contributed by atoms with Crippen molar-refractivity contribution < 1.29 is 8.83 Å². The van der Waals surface area contributed by atoms with Gasteiger partial charge < -0.3 is 8.83 Å². The second-order valence-corrected chi connectivity index (χ2v) is 19.7. The smallest absolute Gasteiger partial charge is 0.143 e. The zero-order valence-corrected chi connectivity index (χ0v) is 40.1. The first-order valence-electron chi connectivity index (χ1n) is 25.5. The van der Waals surface area contributed by atoms with Crippen LogP contribution in [0.5, 0.6) is 0 Å². The summed E-state index contributed by atoms with van der Waals surface area (Å²) in [7, 11) is 0. The van der Waals surface area contributed by atoms with E-state index in [-0.39, 0.29) is 0 Å². The number of fused-ring (bicyclic) bond motifs is 14. The maximum Gasteiger partial charge on any atom is 0.143 e. The van der Waals surface area contributed by atoms with Crippen molar-refractivity contribution in [1.82, 2.24) is 0 Å². The summed E-state index contributed by atoms with van der Waals surface area (Å²) in [6.45, 7) is 0. The van der Waals surface area contributed by atoms with E-state index >= 15 is 0 Å². The third-order valence-electron chi connectivity index (χ3n) is 15.8. The lowest BCUT2D eigenvalue weighted by Gasteiger charge is -2.22. The van der Waals surface area contributed by atoms with Crippen molar-refractivity contribution in [3.8, 4) is 55.6 Å². The molecule has 74 heavy (non-hydrogen) atoms. The van der Waals surface area contributed by atoms with Crippen LogP contribution >= 0.6 is 0 Å². The Hall–Kier alpha value is -9.76. The predicted molar refractivity (Wildman–Crippen MR) is 313 cm³/mol. The molecule has 0 radical (unpaired) electrons. The van der Waals surface area contributed by atoms with Crippen molar-refractivity contribution in [3.63, 3.8) is 0 Å². The topological polar surface area (TPSA) is 26.3 Å². The number of rotatable bonds is 5. The fourth-order valence-corrected chi connectivity index (χ4v) is 12.6. The molecule has 0 bridgehead atoms. The van der Waals surface area contributed by atoms with Crippen molar-refractivity contribution in [2.45, 2.75) is 0 Å². The van der Waals surface area contributed by atoms with Crippen molar-refractivity contribution in [2.75, 3.05) is 0 Å². The van der Waals surface area contributed by atoms with Crippen LogP contribution in [0.3, 0.4) is 0 Å². The van der Waals surface area contributed by atoms with Gasteiger partial charge >= 0.3 is 0 Å². The summed E-state index contributed by atoms with van der Waals surface area (Å²) in [6, 6.07) is 93.2. The highest BCUT2D eigenvalue weighted by atomic mass is 16.3. The maximum atomic E-state index is 7.02. The molecule has 16 rings (SSSR count). The van der Waals surface area contributed by atoms with Crippen molar-refractivity contribution >= 4 is 109 Å². The maximum absolute atomic E-state index is 7.02.